The molecule has 3 aliphatic rings. The predicted molar refractivity (Wildman–Crippen MR) is 108 cm³/mol. The van der Waals surface area contributed by atoms with Crippen LogP contribution in [0.1, 0.15) is 60.3 Å². The van der Waals surface area contributed by atoms with E-state index in [-0.39, 0.29) is 35.4 Å². The summed E-state index contributed by atoms with van der Waals surface area (Å²) in [5, 5.41) is 0. The summed E-state index contributed by atoms with van der Waals surface area (Å²) in [6.07, 6.45) is 2.52. The van der Waals surface area contributed by atoms with E-state index in [4.69, 9.17) is 11.5 Å². The number of Topliss-reactive ketones (excluding diaryl/α,β-unsaturated/α-hetero) is 2. The van der Waals surface area contributed by atoms with Crippen LogP contribution in [0, 0.1) is 34.5 Å². The summed E-state index contributed by atoms with van der Waals surface area (Å²) in [4.78, 5) is 51.9. The summed E-state index contributed by atoms with van der Waals surface area (Å²) in [7, 11) is 0. The van der Waals surface area contributed by atoms with Crippen molar-refractivity contribution in [1.29, 1.82) is 0 Å². The van der Waals surface area contributed by atoms with Gasteiger partial charge in [-0.2, -0.15) is 0 Å². The van der Waals surface area contributed by atoms with E-state index in [1.165, 1.54) is 0 Å². The van der Waals surface area contributed by atoms with E-state index >= 15 is 0 Å². The van der Waals surface area contributed by atoms with Crippen LogP contribution in [-0.4, -0.2) is 46.9 Å². The number of piperidine rings is 1. The molecule has 3 unspecified atom stereocenters. The van der Waals surface area contributed by atoms with E-state index in [2.05, 4.69) is 13.8 Å². The van der Waals surface area contributed by atoms with Gasteiger partial charge < -0.3 is 16.4 Å². The minimum atomic E-state index is -0.984. The highest BCUT2D eigenvalue weighted by Crippen LogP contribution is 2.65. The van der Waals surface area contributed by atoms with Crippen LogP contribution in [0.2, 0.25) is 0 Å². The third-order valence-electron chi connectivity index (χ3n) is 7.40. The second-order valence-corrected chi connectivity index (χ2v) is 11.0. The first-order chi connectivity index (χ1) is 13.3. The molecule has 0 spiro atoms. The molecule has 2 amide bonds. The van der Waals surface area contributed by atoms with Crippen molar-refractivity contribution in [3.63, 3.8) is 0 Å². The highest BCUT2D eigenvalue weighted by molar-refractivity contribution is 6.36. The van der Waals surface area contributed by atoms with Crippen molar-refractivity contribution in [2.24, 2.45) is 46.0 Å². The lowest BCUT2D eigenvalue weighted by molar-refractivity contribution is -0.144. The fourth-order valence-corrected chi connectivity index (χ4v) is 5.04. The molecule has 1 heterocycles. The van der Waals surface area contributed by atoms with Crippen molar-refractivity contribution in [3.05, 3.63) is 0 Å². The predicted octanol–water partition coefficient (Wildman–Crippen LogP) is 1.27. The first-order valence-corrected chi connectivity index (χ1v) is 10.7. The highest BCUT2D eigenvalue weighted by Gasteiger charge is 2.69. The minimum absolute atomic E-state index is 0.0113. The van der Waals surface area contributed by atoms with Crippen LogP contribution >= 0.6 is 0 Å². The molecule has 0 aromatic heterocycles. The third-order valence-corrected chi connectivity index (χ3v) is 7.40. The first-order valence-electron chi connectivity index (χ1n) is 10.7. The van der Waals surface area contributed by atoms with E-state index in [0.29, 0.717) is 18.9 Å². The molecule has 2 saturated carbocycles. The number of hydrogen-bond donors (Lipinski definition) is 2. The summed E-state index contributed by atoms with van der Waals surface area (Å²) in [6.45, 7) is 10.5. The number of carbonyl (C=O) groups excluding carboxylic acids is 4. The zero-order chi connectivity index (χ0) is 21.9. The molecule has 162 valence electrons. The smallest absolute Gasteiger partial charge is 0.285 e. The number of amides is 2. The Morgan fingerprint density at radius 3 is 2.21 bits per heavy atom. The second-order valence-electron chi connectivity index (χ2n) is 11.0. The van der Waals surface area contributed by atoms with Crippen LogP contribution in [0.15, 0.2) is 0 Å². The van der Waals surface area contributed by atoms with E-state index in [1.54, 1.807) is 4.90 Å². The van der Waals surface area contributed by atoms with Crippen molar-refractivity contribution in [3.8, 4) is 0 Å². The molecular weight excluding hydrogens is 370 g/mol. The Bertz CT molecular complexity index is 735. The molecule has 0 aromatic carbocycles. The standard InChI is InChI=1S/C22H35N3O4/c1-21(2,3)18(23)20(29)25-10-13-15(22(13,4)5)16(25)14(26)9-12(8-11-6-7-11)17(27)19(24)28/h11-13,15-16,18H,6-10,23H2,1-5H3,(H2,24,28)/t12?,13?,15-,16+,18?/m0/s1. The van der Waals surface area contributed by atoms with Crippen LogP contribution < -0.4 is 11.5 Å². The number of primary amides is 1. The Labute approximate surface area is 172 Å². The van der Waals surface area contributed by atoms with Crippen molar-refractivity contribution in [2.75, 3.05) is 6.54 Å². The molecule has 0 radical (unpaired) electrons. The molecule has 1 aliphatic heterocycles. The van der Waals surface area contributed by atoms with Gasteiger partial charge in [0, 0.05) is 18.9 Å². The van der Waals surface area contributed by atoms with Crippen molar-refractivity contribution >= 4 is 23.4 Å². The maximum Gasteiger partial charge on any atom is 0.285 e. The molecule has 4 N–H and O–H groups in total. The Hall–Kier alpha value is -1.76. The molecule has 3 fully saturated rings. The van der Waals surface area contributed by atoms with Gasteiger partial charge >= 0.3 is 0 Å². The molecule has 3 rings (SSSR count). The van der Waals surface area contributed by atoms with Gasteiger partial charge in [0.2, 0.25) is 11.7 Å². The molecular formula is C22H35N3O4. The molecule has 2 aliphatic carbocycles. The van der Waals surface area contributed by atoms with E-state index < -0.39 is 35.1 Å². The molecule has 0 aromatic rings. The van der Waals surface area contributed by atoms with Gasteiger partial charge in [0.25, 0.3) is 5.91 Å². The van der Waals surface area contributed by atoms with Gasteiger partial charge in [-0.3, -0.25) is 19.2 Å². The van der Waals surface area contributed by atoms with E-state index in [1.807, 2.05) is 20.8 Å². The van der Waals surface area contributed by atoms with Gasteiger partial charge in [0.1, 0.15) is 0 Å². The van der Waals surface area contributed by atoms with Crippen LogP contribution in [0.4, 0.5) is 0 Å². The van der Waals surface area contributed by atoms with Crippen molar-refractivity contribution in [1.82, 2.24) is 4.90 Å². The van der Waals surface area contributed by atoms with Gasteiger partial charge in [-0.1, -0.05) is 47.5 Å². The van der Waals surface area contributed by atoms with E-state index in [9.17, 15) is 19.2 Å². The number of rotatable bonds is 8. The summed E-state index contributed by atoms with van der Waals surface area (Å²) < 4.78 is 0. The number of hydrogen-bond acceptors (Lipinski definition) is 5. The number of fused-ring (bicyclic) bond motifs is 1. The molecule has 29 heavy (non-hydrogen) atoms. The lowest BCUT2D eigenvalue weighted by atomic mass is 9.84. The average Bonchev–Trinajstić information content (AvgIpc) is 3.45. The lowest BCUT2D eigenvalue weighted by Gasteiger charge is -2.36. The normalized spacial score (nSPS) is 29.7. The van der Waals surface area contributed by atoms with E-state index in [0.717, 1.165) is 12.8 Å². The maximum absolute atomic E-state index is 13.4. The number of nitrogens with zero attached hydrogens (tertiary/aromatic N) is 1. The van der Waals surface area contributed by atoms with Gasteiger partial charge in [0.05, 0.1) is 12.1 Å². The Morgan fingerprint density at radius 2 is 1.72 bits per heavy atom. The zero-order valence-electron chi connectivity index (χ0n) is 18.2. The van der Waals surface area contributed by atoms with Gasteiger partial charge in [-0.05, 0) is 35.0 Å². The Morgan fingerprint density at radius 1 is 1.14 bits per heavy atom. The molecule has 0 bridgehead atoms. The fraction of sp³-hybridized carbons (Fsp3) is 0.818. The molecule has 7 nitrogen and oxygen atoms in total. The number of nitrogens with two attached hydrogens (primary N) is 2. The maximum atomic E-state index is 13.4. The van der Waals surface area contributed by atoms with Gasteiger partial charge in [-0.15, -0.1) is 0 Å². The average molecular weight is 406 g/mol. The van der Waals surface area contributed by atoms with Crippen molar-refractivity contribution in [2.45, 2.75) is 72.4 Å². The van der Waals surface area contributed by atoms with Gasteiger partial charge in [-0.25, -0.2) is 0 Å². The highest BCUT2D eigenvalue weighted by atomic mass is 16.2. The summed E-state index contributed by atoms with van der Waals surface area (Å²) in [6, 6.07) is -1.27. The Kier molecular flexibility index (Phi) is 5.43. The molecule has 1 saturated heterocycles. The summed E-state index contributed by atoms with van der Waals surface area (Å²) in [5.74, 6) is -1.95. The SMILES string of the molecule is CC(C)(C)C(N)C(=O)N1CC2[C@@H]([C@H]1C(=O)CC(CC1CC1)C(=O)C(N)=O)C2(C)C. The number of ketones is 2. The fourth-order valence-electron chi connectivity index (χ4n) is 5.04. The van der Waals surface area contributed by atoms with Gasteiger partial charge in [0.15, 0.2) is 5.78 Å². The topological polar surface area (TPSA) is 124 Å². The monoisotopic (exact) mass is 405 g/mol. The molecule has 5 atom stereocenters. The minimum Gasteiger partial charge on any atom is -0.363 e. The Balaban J connectivity index is 1.79. The summed E-state index contributed by atoms with van der Waals surface area (Å²) >= 11 is 0. The number of likely N-dealkylation sites (tertiary alicyclic amines) is 1. The quantitative estimate of drug-likeness (QED) is 0.589. The van der Waals surface area contributed by atoms with Crippen LogP contribution in [-0.2, 0) is 19.2 Å². The zero-order valence-corrected chi connectivity index (χ0v) is 18.2. The summed E-state index contributed by atoms with van der Waals surface area (Å²) in [5.41, 5.74) is 11.0. The molecule has 7 heteroatoms. The van der Waals surface area contributed by atoms with Crippen molar-refractivity contribution < 1.29 is 19.2 Å². The van der Waals surface area contributed by atoms with Crippen LogP contribution in [0.25, 0.3) is 0 Å². The van der Waals surface area contributed by atoms with Crippen LogP contribution in [0.3, 0.4) is 0 Å². The lowest BCUT2D eigenvalue weighted by Crippen LogP contribution is -2.55. The second kappa shape index (κ2) is 7.18. The number of carbonyl (C=O) groups is 4. The first kappa shape index (κ1) is 21.9. The third kappa shape index (κ3) is 4.11. The van der Waals surface area contributed by atoms with Crippen LogP contribution in [0.5, 0.6) is 0 Å². The largest absolute Gasteiger partial charge is 0.363 e.